The zero-order valence-electron chi connectivity index (χ0n) is 16.3. The summed E-state index contributed by atoms with van der Waals surface area (Å²) in [5.41, 5.74) is 5.87. The third-order valence-electron chi connectivity index (χ3n) is 4.97. The average molecular weight is 393 g/mol. The lowest BCUT2D eigenvalue weighted by Gasteiger charge is -2.14. The van der Waals surface area contributed by atoms with E-state index >= 15 is 0 Å². The molecule has 1 N–H and O–H groups in total. The molecule has 1 aliphatic carbocycles. The van der Waals surface area contributed by atoms with Gasteiger partial charge in [0.2, 0.25) is 0 Å². The number of hydrogen-bond donors (Lipinski definition) is 1. The Bertz CT molecular complexity index is 1120. The number of benzene rings is 2. The first-order chi connectivity index (χ1) is 14.8. The summed E-state index contributed by atoms with van der Waals surface area (Å²) in [6.07, 6.45) is 1.60. The molecule has 0 radical (unpaired) electrons. The number of nitrogens with one attached hydrogen (secondary N) is 1. The number of aromatic nitrogens is 1. The van der Waals surface area contributed by atoms with E-state index in [-0.39, 0.29) is 5.92 Å². The predicted molar refractivity (Wildman–Crippen MR) is 114 cm³/mol. The van der Waals surface area contributed by atoms with Gasteiger partial charge in [0.05, 0.1) is 0 Å². The number of nitriles is 1. The minimum Gasteiger partial charge on any atom is -0.449 e. The van der Waals surface area contributed by atoms with Crippen LogP contribution in [0.25, 0.3) is 11.1 Å². The fourth-order valence-electron chi connectivity index (χ4n) is 3.58. The number of carbonyl (C=O) groups is 1. The Morgan fingerprint density at radius 2 is 1.73 bits per heavy atom. The summed E-state index contributed by atoms with van der Waals surface area (Å²) in [5.74, 6) is 5.98. The van der Waals surface area contributed by atoms with E-state index < -0.39 is 6.09 Å². The smallest absolute Gasteiger partial charge is 0.407 e. The van der Waals surface area contributed by atoms with Crippen molar-refractivity contribution in [1.29, 1.82) is 5.26 Å². The van der Waals surface area contributed by atoms with E-state index in [1.807, 2.05) is 30.3 Å². The molecule has 1 heterocycles. The zero-order valence-corrected chi connectivity index (χ0v) is 16.3. The Balaban J connectivity index is 1.28. The molecule has 1 aromatic heterocycles. The summed E-state index contributed by atoms with van der Waals surface area (Å²) < 4.78 is 5.49. The summed E-state index contributed by atoms with van der Waals surface area (Å²) in [6, 6.07) is 21.8. The molecule has 146 valence electrons. The Morgan fingerprint density at radius 3 is 2.37 bits per heavy atom. The van der Waals surface area contributed by atoms with Gasteiger partial charge in [0.15, 0.2) is 0 Å². The number of carbonyl (C=O) groups excluding carboxylic acids is 1. The lowest BCUT2D eigenvalue weighted by atomic mass is 9.98. The molecule has 0 saturated heterocycles. The molecule has 4 rings (SSSR count). The maximum atomic E-state index is 12.1. The van der Waals surface area contributed by atoms with Crippen molar-refractivity contribution in [2.75, 3.05) is 13.2 Å². The average Bonchev–Trinajstić information content (AvgIpc) is 3.12. The first-order valence-corrected chi connectivity index (χ1v) is 9.70. The van der Waals surface area contributed by atoms with Gasteiger partial charge in [-0.15, -0.1) is 0 Å². The van der Waals surface area contributed by atoms with Crippen molar-refractivity contribution in [2.45, 2.75) is 12.3 Å². The quantitative estimate of drug-likeness (QED) is 0.532. The lowest BCUT2D eigenvalue weighted by Crippen LogP contribution is -2.26. The van der Waals surface area contributed by atoms with Gasteiger partial charge in [-0.2, -0.15) is 5.26 Å². The Hall–Kier alpha value is -4.09. The molecule has 0 aliphatic heterocycles. The third-order valence-corrected chi connectivity index (χ3v) is 4.97. The molecule has 0 unspecified atom stereocenters. The number of rotatable bonds is 4. The van der Waals surface area contributed by atoms with E-state index in [1.54, 1.807) is 18.3 Å². The van der Waals surface area contributed by atoms with E-state index in [4.69, 9.17) is 10.00 Å². The number of ether oxygens (including phenoxy) is 1. The zero-order chi connectivity index (χ0) is 20.8. The van der Waals surface area contributed by atoms with Crippen molar-refractivity contribution in [3.8, 4) is 29.0 Å². The molecule has 1 aliphatic rings. The van der Waals surface area contributed by atoms with Crippen LogP contribution in [0.4, 0.5) is 4.79 Å². The normalized spacial score (nSPS) is 11.4. The maximum absolute atomic E-state index is 12.1. The summed E-state index contributed by atoms with van der Waals surface area (Å²) in [7, 11) is 0. The number of hydrogen-bond acceptors (Lipinski definition) is 4. The van der Waals surface area contributed by atoms with Crippen LogP contribution in [0.5, 0.6) is 0 Å². The van der Waals surface area contributed by atoms with E-state index in [0.29, 0.717) is 25.3 Å². The third kappa shape index (κ3) is 4.16. The van der Waals surface area contributed by atoms with Crippen LogP contribution in [0.3, 0.4) is 0 Å². The van der Waals surface area contributed by atoms with Crippen molar-refractivity contribution in [1.82, 2.24) is 10.3 Å². The Morgan fingerprint density at radius 1 is 1.03 bits per heavy atom. The van der Waals surface area contributed by atoms with Crippen LogP contribution >= 0.6 is 0 Å². The van der Waals surface area contributed by atoms with Gasteiger partial charge in [0, 0.05) is 30.6 Å². The second-order valence-electron chi connectivity index (χ2n) is 6.85. The molecule has 30 heavy (non-hydrogen) atoms. The van der Waals surface area contributed by atoms with Gasteiger partial charge in [-0.1, -0.05) is 60.4 Å². The fourth-order valence-corrected chi connectivity index (χ4v) is 3.58. The van der Waals surface area contributed by atoms with Crippen LogP contribution in [0, 0.1) is 23.2 Å². The highest BCUT2D eigenvalue weighted by atomic mass is 16.5. The van der Waals surface area contributed by atoms with Gasteiger partial charge in [-0.3, -0.25) is 0 Å². The van der Waals surface area contributed by atoms with Crippen LogP contribution in [0.1, 0.15) is 34.7 Å². The van der Waals surface area contributed by atoms with Crippen molar-refractivity contribution >= 4 is 6.09 Å². The van der Waals surface area contributed by atoms with Crippen LogP contribution < -0.4 is 5.32 Å². The minimum atomic E-state index is -0.446. The fraction of sp³-hybridized carbons (Fsp3) is 0.160. The van der Waals surface area contributed by atoms with Gasteiger partial charge in [-0.05, 0) is 34.4 Å². The largest absolute Gasteiger partial charge is 0.449 e. The van der Waals surface area contributed by atoms with Gasteiger partial charge in [-0.25, -0.2) is 9.78 Å². The molecule has 2 aromatic carbocycles. The molecule has 0 fully saturated rings. The van der Waals surface area contributed by atoms with Crippen LogP contribution in [-0.4, -0.2) is 24.2 Å². The van der Waals surface area contributed by atoms with E-state index in [2.05, 4.69) is 46.4 Å². The maximum Gasteiger partial charge on any atom is 0.407 e. The summed E-state index contributed by atoms with van der Waals surface area (Å²) in [5, 5.41) is 11.5. The number of nitrogens with zero attached hydrogens (tertiary/aromatic N) is 2. The summed E-state index contributed by atoms with van der Waals surface area (Å²) in [6.45, 7) is 0.690. The highest BCUT2D eigenvalue weighted by molar-refractivity contribution is 5.79. The second kappa shape index (κ2) is 8.94. The van der Waals surface area contributed by atoms with Crippen LogP contribution in [0.2, 0.25) is 0 Å². The molecule has 3 aromatic rings. The molecular weight excluding hydrogens is 374 g/mol. The highest BCUT2D eigenvalue weighted by Gasteiger charge is 2.28. The molecule has 5 heteroatoms. The lowest BCUT2D eigenvalue weighted by molar-refractivity contribution is 0.143. The molecule has 0 atom stereocenters. The molecular formula is C25H19N3O2. The standard InChI is InChI=1S/C25H19N3O2/c26-15-19-13-12-18(16-28-19)7-5-6-14-27-25(29)30-17-24-22-10-3-1-8-20(22)21-9-2-4-11-23(21)24/h1-4,8-13,16,24H,6,14,17H2,(H,27,29). The van der Waals surface area contributed by atoms with E-state index in [1.165, 1.54) is 22.3 Å². The first kappa shape index (κ1) is 19.2. The van der Waals surface area contributed by atoms with Crippen LogP contribution in [0.15, 0.2) is 66.9 Å². The number of amides is 1. The summed E-state index contributed by atoms with van der Waals surface area (Å²) in [4.78, 5) is 16.1. The molecule has 1 amide bonds. The first-order valence-electron chi connectivity index (χ1n) is 9.70. The van der Waals surface area contributed by atoms with Crippen molar-refractivity contribution in [3.05, 3.63) is 89.2 Å². The predicted octanol–water partition coefficient (Wildman–Crippen LogP) is 4.23. The minimum absolute atomic E-state index is 0.0480. The van der Waals surface area contributed by atoms with Crippen molar-refractivity contribution in [2.24, 2.45) is 0 Å². The Kier molecular flexibility index (Phi) is 5.73. The van der Waals surface area contributed by atoms with Crippen molar-refractivity contribution in [3.63, 3.8) is 0 Å². The van der Waals surface area contributed by atoms with Gasteiger partial charge in [0.25, 0.3) is 0 Å². The monoisotopic (exact) mass is 393 g/mol. The van der Waals surface area contributed by atoms with Crippen molar-refractivity contribution < 1.29 is 9.53 Å². The second-order valence-corrected chi connectivity index (χ2v) is 6.85. The molecule has 0 bridgehead atoms. The van der Waals surface area contributed by atoms with E-state index in [0.717, 1.165) is 5.56 Å². The Labute approximate surface area is 175 Å². The van der Waals surface area contributed by atoms with E-state index in [9.17, 15) is 4.79 Å². The summed E-state index contributed by atoms with van der Waals surface area (Å²) >= 11 is 0. The van der Waals surface area contributed by atoms with Gasteiger partial charge < -0.3 is 10.1 Å². The van der Waals surface area contributed by atoms with Crippen LogP contribution in [-0.2, 0) is 4.74 Å². The molecule has 0 saturated carbocycles. The topological polar surface area (TPSA) is 75.0 Å². The number of alkyl carbamates (subject to hydrolysis) is 1. The number of pyridine rings is 1. The number of fused-ring (bicyclic) bond motifs is 3. The molecule has 5 nitrogen and oxygen atoms in total. The molecule has 0 spiro atoms. The highest BCUT2D eigenvalue weighted by Crippen LogP contribution is 2.44. The van der Waals surface area contributed by atoms with Gasteiger partial charge in [0.1, 0.15) is 18.4 Å². The SMILES string of the molecule is N#Cc1ccc(C#CCCNC(=O)OCC2c3ccccc3-c3ccccc32)cn1. The van der Waals surface area contributed by atoms with Gasteiger partial charge >= 0.3 is 6.09 Å².